The maximum absolute atomic E-state index is 5.37. The summed E-state index contributed by atoms with van der Waals surface area (Å²) in [7, 11) is 1.50. The molecule has 10 heavy (non-hydrogen) atoms. The number of nitrogens with two attached hydrogens (primary N) is 1. The zero-order valence-electron chi connectivity index (χ0n) is 5.38. The van der Waals surface area contributed by atoms with Gasteiger partial charge in [-0.05, 0) is 34.6 Å². The Kier molecular flexibility index (Phi) is 5.48. The van der Waals surface area contributed by atoms with Crippen LogP contribution in [0.3, 0.4) is 0 Å². The summed E-state index contributed by atoms with van der Waals surface area (Å²) in [6.45, 7) is 0. The van der Waals surface area contributed by atoms with Gasteiger partial charge in [-0.1, -0.05) is 0 Å². The standard InChI is InChI=1S/C4H2BrClN2.CH5N/c5-3-1-7-4(6)8-2-3;1-2/h1-2H;2H2,1H3. The van der Waals surface area contributed by atoms with Gasteiger partial charge in [0, 0.05) is 12.4 Å². The molecule has 1 aromatic rings. The van der Waals surface area contributed by atoms with E-state index in [4.69, 9.17) is 11.6 Å². The molecule has 2 N–H and O–H groups in total. The van der Waals surface area contributed by atoms with Gasteiger partial charge in [0.05, 0.1) is 4.47 Å². The highest BCUT2D eigenvalue weighted by atomic mass is 79.9. The van der Waals surface area contributed by atoms with Gasteiger partial charge >= 0.3 is 0 Å². The molecule has 0 fully saturated rings. The minimum Gasteiger partial charge on any atom is -0.333 e. The van der Waals surface area contributed by atoms with Crippen LogP contribution in [0.4, 0.5) is 0 Å². The molecule has 0 aromatic carbocycles. The molecule has 0 bridgehead atoms. The first-order valence-corrected chi connectivity index (χ1v) is 3.67. The number of rotatable bonds is 0. The third-order valence-electron chi connectivity index (χ3n) is 0.589. The van der Waals surface area contributed by atoms with Crippen LogP contribution >= 0.6 is 27.5 Å². The van der Waals surface area contributed by atoms with Gasteiger partial charge in [-0.3, -0.25) is 0 Å². The van der Waals surface area contributed by atoms with Crippen molar-refractivity contribution in [2.75, 3.05) is 7.05 Å². The molecule has 0 aliphatic heterocycles. The SMILES string of the molecule is CN.Clc1ncc(Br)cn1. The number of halogens is 2. The minimum atomic E-state index is 0.271. The fraction of sp³-hybridized carbons (Fsp3) is 0.200. The monoisotopic (exact) mass is 223 g/mol. The largest absolute Gasteiger partial charge is 0.333 e. The fourth-order valence-corrected chi connectivity index (χ4v) is 0.599. The Morgan fingerprint density at radius 2 is 1.80 bits per heavy atom. The lowest BCUT2D eigenvalue weighted by molar-refractivity contribution is 1.15. The van der Waals surface area contributed by atoms with Gasteiger partial charge in [0.15, 0.2) is 0 Å². The third-order valence-corrected chi connectivity index (χ3v) is 1.19. The summed E-state index contributed by atoms with van der Waals surface area (Å²) < 4.78 is 0.835. The van der Waals surface area contributed by atoms with Crippen molar-refractivity contribution < 1.29 is 0 Å². The first-order chi connectivity index (χ1) is 4.79. The smallest absolute Gasteiger partial charge is 0.222 e. The molecule has 1 aromatic heterocycles. The van der Waals surface area contributed by atoms with E-state index in [0.717, 1.165) is 4.47 Å². The molecule has 0 atom stereocenters. The molecular weight excluding hydrogens is 217 g/mol. The van der Waals surface area contributed by atoms with E-state index in [0.29, 0.717) is 0 Å². The maximum atomic E-state index is 5.37. The summed E-state index contributed by atoms with van der Waals surface area (Å²) in [5.74, 6) is 0. The highest BCUT2D eigenvalue weighted by Gasteiger charge is 1.86. The van der Waals surface area contributed by atoms with E-state index < -0.39 is 0 Å². The summed E-state index contributed by atoms with van der Waals surface area (Å²) in [6, 6.07) is 0. The van der Waals surface area contributed by atoms with Crippen LogP contribution in [-0.4, -0.2) is 17.0 Å². The van der Waals surface area contributed by atoms with E-state index in [1.807, 2.05) is 0 Å². The van der Waals surface area contributed by atoms with Gasteiger partial charge in [0.2, 0.25) is 5.28 Å². The Hall–Kier alpha value is -0.190. The van der Waals surface area contributed by atoms with Crippen LogP contribution in [0.2, 0.25) is 5.28 Å². The second-order valence-corrected chi connectivity index (χ2v) is 2.42. The molecule has 0 unspecified atom stereocenters. The van der Waals surface area contributed by atoms with Crippen LogP contribution in [0, 0.1) is 0 Å². The number of hydrogen-bond donors (Lipinski definition) is 1. The Morgan fingerprint density at radius 1 is 1.40 bits per heavy atom. The molecule has 5 heteroatoms. The van der Waals surface area contributed by atoms with E-state index in [9.17, 15) is 0 Å². The lowest BCUT2D eigenvalue weighted by atomic mass is 10.7. The molecule has 1 heterocycles. The van der Waals surface area contributed by atoms with Crippen molar-refractivity contribution in [2.24, 2.45) is 5.73 Å². The summed E-state index contributed by atoms with van der Waals surface area (Å²) in [4.78, 5) is 7.37. The van der Waals surface area contributed by atoms with Crippen molar-refractivity contribution in [1.82, 2.24) is 9.97 Å². The van der Waals surface area contributed by atoms with E-state index >= 15 is 0 Å². The molecule has 1 rings (SSSR count). The maximum Gasteiger partial charge on any atom is 0.222 e. The second-order valence-electron chi connectivity index (χ2n) is 1.17. The highest BCUT2D eigenvalue weighted by molar-refractivity contribution is 9.10. The molecular formula is C5H7BrClN3. The van der Waals surface area contributed by atoms with Crippen LogP contribution in [0.25, 0.3) is 0 Å². The number of hydrogen-bond acceptors (Lipinski definition) is 3. The first-order valence-electron chi connectivity index (χ1n) is 2.50. The Balaban J connectivity index is 0.000000371. The quantitative estimate of drug-likeness (QED) is 0.679. The van der Waals surface area contributed by atoms with Gasteiger partial charge < -0.3 is 5.73 Å². The normalized spacial score (nSPS) is 8.00. The summed E-state index contributed by atoms with van der Waals surface area (Å²) in [5.41, 5.74) is 4.50. The van der Waals surface area contributed by atoms with Crippen molar-refractivity contribution in [1.29, 1.82) is 0 Å². The van der Waals surface area contributed by atoms with E-state index in [1.165, 1.54) is 7.05 Å². The number of aromatic nitrogens is 2. The van der Waals surface area contributed by atoms with Gasteiger partial charge in [0.1, 0.15) is 0 Å². The Bertz CT molecular complexity index is 156. The summed E-state index contributed by atoms with van der Waals surface area (Å²) in [6.07, 6.45) is 3.19. The fourth-order valence-electron chi connectivity index (χ4n) is 0.297. The molecule has 0 spiro atoms. The van der Waals surface area contributed by atoms with Gasteiger partial charge in [-0.25, -0.2) is 9.97 Å². The predicted octanol–water partition coefficient (Wildman–Crippen LogP) is 1.47. The lowest BCUT2D eigenvalue weighted by Crippen LogP contribution is -1.77. The molecule has 0 aliphatic rings. The molecule has 0 saturated heterocycles. The van der Waals surface area contributed by atoms with Gasteiger partial charge in [0.25, 0.3) is 0 Å². The molecule has 0 aliphatic carbocycles. The predicted molar refractivity (Wildman–Crippen MR) is 44.9 cm³/mol. The van der Waals surface area contributed by atoms with Crippen LogP contribution in [0.5, 0.6) is 0 Å². The first kappa shape index (κ1) is 9.81. The second kappa shape index (κ2) is 5.58. The van der Waals surface area contributed by atoms with Crippen LogP contribution in [0.15, 0.2) is 16.9 Å². The number of nitrogens with zero attached hydrogens (tertiary/aromatic N) is 2. The zero-order valence-corrected chi connectivity index (χ0v) is 7.72. The zero-order chi connectivity index (χ0) is 7.98. The molecule has 3 nitrogen and oxygen atoms in total. The summed E-state index contributed by atoms with van der Waals surface area (Å²) >= 11 is 8.53. The van der Waals surface area contributed by atoms with Crippen molar-refractivity contribution >= 4 is 27.5 Å². The van der Waals surface area contributed by atoms with Gasteiger partial charge in [-0.15, -0.1) is 0 Å². The van der Waals surface area contributed by atoms with Crippen LogP contribution < -0.4 is 5.73 Å². The molecule has 56 valence electrons. The van der Waals surface area contributed by atoms with Gasteiger partial charge in [-0.2, -0.15) is 0 Å². The Morgan fingerprint density at radius 3 is 2.10 bits per heavy atom. The lowest BCUT2D eigenvalue weighted by Gasteiger charge is -1.85. The van der Waals surface area contributed by atoms with Crippen molar-refractivity contribution in [3.05, 3.63) is 22.1 Å². The molecule has 0 amide bonds. The van der Waals surface area contributed by atoms with E-state index in [2.05, 4.69) is 31.6 Å². The third kappa shape index (κ3) is 3.76. The van der Waals surface area contributed by atoms with Crippen molar-refractivity contribution in [3.63, 3.8) is 0 Å². The van der Waals surface area contributed by atoms with Crippen molar-refractivity contribution in [3.8, 4) is 0 Å². The average molecular weight is 224 g/mol. The summed E-state index contributed by atoms with van der Waals surface area (Å²) in [5, 5.41) is 0.271. The topological polar surface area (TPSA) is 51.8 Å². The Labute approximate surface area is 72.8 Å². The molecule has 0 saturated carbocycles. The van der Waals surface area contributed by atoms with Crippen LogP contribution in [-0.2, 0) is 0 Å². The van der Waals surface area contributed by atoms with Crippen LogP contribution in [0.1, 0.15) is 0 Å². The molecule has 0 radical (unpaired) electrons. The highest BCUT2D eigenvalue weighted by Crippen LogP contribution is 2.06. The minimum absolute atomic E-state index is 0.271. The average Bonchev–Trinajstić information content (AvgIpc) is 2.00. The van der Waals surface area contributed by atoms with Crippen molar-refractivity contribution in [2.45, 2.75) is 0 Å². The van der Waals surface area contributed by atoms with E-state index in [-0.39, 0.29) is 5.28 Å². The van der Waals surface area contributed by atoms with E-state index in [1.54, 1.807) is 12.4 Å².